The topological polar surface area (TPSA) is 12.9 Å². The molecule has 0 aliphatic rings. The minimum atomic E-state index is 0.595. The molecule has 3 heteroatoms. The smallest absolute Gasteiger partial charge is 0.0901 e. The molecule has 1 rings (SSSR count). The van der Waals surface area contributed by atoms with E-state index >= 15 is 0 Å². The van der Waals surface area contributed by atoms with Crippen molar-refractivity contribution >= 4 is 40.0 Å². The van der Waals surface area contributed by atoms with Crippen molar-refractivity contribution in [1.82, 2.24) is 4.98 Å². The third-order valence-electron chi connectivity index (χ3n) is 2.37. The normalized spacial score (nSPS) is 14.8. The maximum Gasteiger partial charge on any atom is 0.0901 e. The molecule has 0 amide bonds. The van der Waals surface area contributed by atoms with Gasteiger partial charge in [-0.05, 0) is 36.3 Å². The molecule has 0 bridgehead atoms. The molecule has 0 radical (unpaired) electrons. The van der Waals surface area contributed by atoms with E-state index in [1.807, 2.05) is 6.92 Å². The molecule has 1 aromatic heterocycles. The molecule has 0 aliphatic heterocycles. The van der Waals surface area contributed by atoms with E-state index in [2.05, 4.69) is 63.0 Å². The van der Waals surface area contributed by atoms with Gasteiger partial charge < -0.3 is 0 Å². The molecule has 0 N–H and O–H groups in total. The Bertz CT molecular complexity index is 365. The first kappa shape index (κ1) is 12.9. The van der Waals surface area contributed by atoms with Gasteiger partial charge in [-0.1, -0.05) is 41.2 Å². The van der Waals surface area contributed by atoms with E-state index in [-0.39, 0.29) is 0 Å². The number of aromatic nitrogens is 1. The van der Waals surface area contributed by atoms with Crippen molar-refractivity contribution in [2.45, 2.75) is 27.2 Å². The van der Waals surface area contributed by atoms with Crippen LogP contribution in [0.2, 0.25) is 0 Å². The van der Waals surface area contributed by atoms with Gasteiger partial charge in [0.05, 0.1) is 10.7 Å². The SMILES string of the molecule is C/C(=C\c1csc(C)n1)C(C)C/C=C/I. The number of nitrogens with zero attached hydrogens (tertiary/aromatic N) is 1. The summed E-state index contributed by atoms with van der Waals surface area (Å²) >= 11 is 3.97. The van der Waals surface area contributed by atoms with Crippen LogP contribution in [-0.4, -0.2) is 4.98 Å². The minimum Gasteiger partial charge on any atom is -0.242 e. The highest BCUT2D eigenvalue weighted by atomic mass is 127. The van der Waals surface area contributed by atoms with E-state index < -0.39 is 0 Å². The van der Waals surface area contributed by atoms with Crippen LogP contribution >= 0.6 is 33.9 Å². The predicted octanol–water partition coefficient (Wildman–Crippen LogP) is 4.83. The molecule has 1 atom stereocenters. The Morgan fingerprint density at radius 1 is 1.67 bits per heavy atom. The highest BCUT2D eigenvalue weighted by Crippen LogP contribution is 2.19. The van der Waals surface area contributed by atoms with Gasteiger partial charge in [-0.25, -0.2) is 4.98 Å². The highest BCUT2D eigenvalue weighted by Gasteiger charge is 2.03. The average Bonchev–Trinajstić information content (AvgIpc) is 2.60. The Balaban J connectivity index is 2.66. The van der Waals surface area contributed by atoms with Gasteiger partial charge in [0.1, 0.15) is 0 Å². The number of aryl methyl sites for hydroxylation is 1. The molecule has 1 unspecified atom stereocenters. The maximum atomic E-state index is 4.44. The Kier molecular flexibility index (Phi) is 5.53. The van der Waals surface area contributed by atoms with Crippen molar-refractivity contribution in [3.05, 3.63) is 31.8 Å². The summed E-state index contributed by atoms with van der Waals surface area (Å²) in [5, 5.41) is 3.24. The summed E-state index contributed by atoms with van der Waals surface area (Å²) in [6.07, 6.45) is 5.50. The van der Waals surface area contributed by atoms with Crippen molar-refractivity contribution < 1.29 is 0 Å². The number of halogens is 1. The van der Waals surface area contributed by atoms with Gasteiger partial charge in [0, 0.05) is 5.38 Å². The second kappa shape index (κ2) is 6.43. The van der Waals surface area contributed by atoms with Gasteiger partial charge in [0.25, 0.3) is 0 Å². The molecule has 1 heterocycles. The van der Waals surface area contributed by atoms with Crippen LogP contribution in [0.15, 0.2) is 21.1 Å². The zero-order valence-electron chi connectivity index (χ0n) is 9.33. The van der Waals surface area contributed by atoms with Crippen LogP contribution in [-0.2, 0) is 0 Å². The second-order valence-corrected chi connectivity index (χ2v) is 5.46. The molecule has 1 nitrogen and oxygen atoms in total. The van der Waals surface area contributed by atoms with Crippen LogP contribution in [0.1, 0.15) is 31.0 Å². The van der Waals surface area contributed by atoms with Gasteiger partial charge in [-0.3, -0.25) is 0 Å². The third kappa shape index (κ3) is 4.47. The molecule has 0 fully saturated rings. The van der Waals surface area contributed by atoms with Crippen LogP contribution in [0, 0.1) is 12.8 Å². The number of thiazole rings is 1. The number of allylic oxidation sites excluding steroid dienone is 2. The first-order valence-corrected chi connectivity index (χ1v) is 7.11. The van der Waals surface area contributed by atoms with Gasteiger partial charge in [-0.15, -0.1) is 11.3 Å². The van der Waals surface area contributed by atoms with E-state index in [0.29, 0.717) is 5.92 Å². The number of hydrogen-bond acceptors (Lipinski definition) is 2. The second-order valence-electron chi connectivity index (χ2n) is 3.68. The lowest BCUT2D eigenvalue weighted by atomic mass is 9.98. The van der Waals surface area contributed by atoms with Gasteiger partial charge in [0.2, 0.25) is 0 Å². The lowest BCUT2D eigenvalue weighted by Gasteiger charge is -2.08. The van der Waals surface area contributed by atoms with Crippen LogP contribution in [0.3, 0.4) is 0 Å². The summed E-state index contributed by atoms with van der Waals surface area (Å²) in [7, 11) is 0. The van der Waals surface area contributed by atoms with Gasteiger partial charge in [-0.2, -0.15) is 0 Å². The van der Waals surface area contributed by atoms with Crippen molar-refractivity contribution in [3.63, 3.8) is 0 Å². The summed E-state index contributed by atoms with van der Waals surface area (Å²) in [6, 6.07) is 0. The minimum absolute atomic E-state index is 0.595. The van der Waals surface area contributed by atoms with Crippen molar-refractivity contribution in [3.8, 4) is 0 Å². The van der Waals surface area contributed by atoms with Gasteiger partial charge in [0.15, 0.2) is 0 Å². The fraction of sp³-hybridized carbons (Fsp3) is 0.417. The molecule has 0 saturated heterocycles. The fourth-order valence-electron chi connectivity index (χ4n) is 1.26. The number of hydrogen-bond donors (Lipinski definition) is 0. The summed E-state index contributed by atoms with van der Waals surface area (Å²) in [5.74, 6) is 0.595. The van der Waals surface area contributed by atoms with E-state index in [1.165, 1.54) is 5.57 Å². The Hall–Kier alpha value is -0.160. The quantitative estimate of drug-likeness (QED) is 0.719. The number of rotatable bonds is 4. The standard InChI is InChI=1S/C12H16INS/c1-9(5-4-6-13)10(2)7-12-8-15-11(3)14-12/h4,6-9H,5H2,1-3H3/b6-4+,10-7+. The largest absolute Gasteiger partial charge is 0.242 e. The van der Waals surface area contributed by atoms with Crippen LogP contribution in [0.4, 0.5) is 0 Å². The molecule has 0 aromatic carbocycles. The predicted molar refractivity (Wildman–Crippen MR) is 77.4 cm³/mol. The highest BCUT2D eigenvalue weighted by molar-refractivity contribution is 14.1. The average molecular weight is 333 g/mol. The molecule has 0 aliphatic carbocycles. The van der Waals surface area contributed by atoms with Crippen LogP contribution in [0.25, 0.3) is 6.08 Å². The zero-order chi connectivity index (χ0) is 11.3. The van der Waals surface area contributed by atoms with Gasteiger partial charge >= 0.3 is 0 Å². The van der Waals surface area contributed by atoms with Crippen LogP contribution < -0.4 is 0 Å². The molecule has 0 spiro atoms. The monoisotopic (exact) mass is 333 g/mol. The van der Waals surface area contributed by atoms with Crippen molar-refractivity contribution in [1.29, 1.82) is 0 Å². The molecule has 15 heavy (non-hydrogen) atoms. The fourth-order valence-corrected chi connectivity index (χ4v) is 2.13. The first-order chi connectivity index (χ1) is 7.13. The summed E-state index contributed by atoms with van der Waals surface area (Å²) in [6.45, 7) is 6.47. The van der Waals surface area contributed by atoms with E-state index in [1.54, 1.807) is 11.3 Å². The molecular weight excluding hydrogens is 317 g/mol. The van der Waals surface area contributed by atoms with E-state index in [9.17, 15) is 0 Å². The summed E-state index contributed by atoms with van der Waals surface area (Å²) in [5.41, 5.74) is 2.50. The molecular formula is C12H16INS. The molecule has 1 aromatic rings. The Morgan fingerprint density at radius 2 is 2.40 bits per heavy atom. The zero-order valence-corrected chi connectivity index (χ0v) is 12.3. The lowest BCUT2D eigenvalue weighted by Crippen LogP contribution is -1.94. The molecule has 0 saturated carbocycles. The Labute approximate surface area is 109 Å². The Morgan fingerprint density at radius 3 is 2.93 bits per heavy atom. The lowest BCUT2D eigenvalue weighted by molar-refractivity contribution is 0.700. The third-order valence-corrected chi connectivity index (χ3v) is 3.67. The first-order valence-electron chi connectivity index (χ1n) is 4.99. The maximum absolute atomic E-state index is 4.44. The van der Waals surface area contributed by atoms with Crippen molar-refractivity contribution in [2.24, 2.45) is 5.92 Å². The summed E-state index contributed by atoms with van der Waals surface area (Å²) < 4.78 is 2.08. The van der Waals surface area contributed by atoms with Crippen molar-refractivity contribution in [2.75, 3.05) is 0 Å². The van der Waals surface area contributed by atoms with Crippen LogP contribution in [0.5, 0.6) is 0 Å². The van der Waals surface area contributed by atoms with E-state index in [0.717, 1.165) is 17.1 Å². The molecule has 82 valence electrons. The summed E-state index contributed by atoms with van der Waals surface area (Å²) in [4.78, 5) is 4.44. The van der Waals surface area contributed by atoms with E-state index in [4.69, 9.17) is 0 Å².